The molecule has 2 nitrogen and oxygen atoms in total. The monoisotopic (exact) mass is 336 g/mol. The highest BCUT2D eigenvalue weighted by Gasteiger charge is 2.18. The van der Waals surface area contributed by atoms with Crippen molar-refractivity contribution in [3.8, 4) is 0 Å². The second-order valence-corrected chi connectivity index (χ2v) is 6.95. The van der Waals surface area contributed by atoms with E-state index in [2.05, 4.69) is 65.3 Å². The molecule has 0 amide bonds. The predicted molar refractivity (Wildman–Crippen MR) is 102 cm³/mol. The van der Waals surface area contributed by atoms with Crippen molar-refractivity contribution < 1.29 is 0 Å². The minimum atomic E-state index is 0.796. The summed E-state index contributed by atoms with van der Waals surface area (Å²) in [7, 11) is 0. The second kappa shape index (κ2) is 6.46. The van der Waals surface area contributed by atoms with E-state index in [0.717, 1.165) is 31.1 Å². The molecule has 122 valence electrons. The topological polar surface area (TPSA) is 19.0 Å². The molecule has 4 rings (SSSR count). The van der Waals surface area contributed by atoms with E-state index in [1.807, 2.05) is 6.07 Å². The molecule has 1 aromatic heterocycles. The third kappa shape index (κ3) is 3.00. The highest BCUT2D eigenvalue weighted by atomic mass is 35.5. The number of hydrogen-bond donors (Lipinski definition) is 1. The smallest absolute Gasteiger partial charge is 0.0463 e. The molecule has 3 aromatic rings. The number of rotatable bonds is 3. The van der Waals surface area contributed by atoms with Gasteiger partial charge in [-0.2, -0.15) is 0 Å². The molecule has 0 atom stereocenters. The van der Waals surface area contributed by atoms with Crippen LogP contribution in [0.15, 0.2) is 54.6 Å². The van der Waals surface area contributed by atoms with Crippen molar-refractivity contribution in [1.29, 1.82) is 0 Å². The number of halogens is 1. The van der Waals surface area contributed by atoms with E-state index in [4.69, 9.17) is 11.6 Å². The Bertz CT molecular complexity index is 893. The molecule has 1 aliphatic heterocycles. The number of aryl methyl sites for hydroxylation is 1. The van der Waals surface area contributed by atoms with E-state index < -0.39 is 0 Å². The Morgan fingerprint density at radius 2 is 1.96 bits per heavy atom. The molecule has 0 fully saturated rings. The third-order valence-corrected chi connectivity index (χ3v) is 5.05. The largest absolute Gasteiger partial charge is 0.358 e. The SMILES string of the molecule is Cc1[nH]c2ccc(Cl)cc2c1C1=CCN(Cc2ccccc2)CC1. The first-order chi connectivity index (χ1) is 11.7. The molecule has 0 spiro atoms. The standard InChI is InChI=1S/C21H21ClN2/c1-15-21(19-13-18(22)7-8-20(19)23-15)17-9-11-24(12-10-17)14-16-5-3-2-4-6-16/h2-9,13,23H,10-12,14H2,1H3. The van der Waals surface area contributed by atoms with Crippen LogP contribution in [0.5, 0.6) is 0 Å². The van der Waals surface area contributed by atoms with Gasteiger partial charge in [0.1, 0.15) is 0 Å². The Balaban J connectivity index is 1.58. The van der Waals surface area contributed by atoms with Gasteiger partial charge in [0.15, 0.2) is 0 Å². The zero-order chi connectivity index (χ0) is 16.5. The molecule has 0 aliphatic carbocycles. The first-order valence-electron chi connectivity index (χ1n) is 8.44. The molecule has 2 aromatic carbocycles. The van der Waals surface area contributed by atoms with Crippen LogP contribution in [0.3, 0.4) is 0 Å². The lowest BCUT2D eigenvalue weighted by molar-refractivity contribution is 0.294. The summed E-state index contributed by atoms with van der Waals surface area (Å²) in [5.41, 5.74) is 6.55. The lowest BCUT2D eigenvalue weighted by atomic mass is 9.96. The summed E-state index contributed by atoms with van der Waals surface area (Å²) >= 11 is 6.21. The van der Waals surface area contributed by atoms with E-state index in [1.54, 1.807) is 0 Å². The first-order valence-corrected chi connectivity index (χ1v) is 8.82. The van der Waals surface area contributed by atoms with Crippen LogP contribution >= 0.6 is 11.6 Å². The zero-order valence-electron chi connectivity index (χ0n) is 13.8. The third-order valence-electron chi connectivity index (χ3n) is 4.81. The van der Waals surface area contributed by atoms with Gasteiger partial charge in [-0.05, 0) is 42.7 Å². The van der Waals surface area contributed by atoms with E-state index in [0.29, 0.717) is 0 Å². The number of nitrogens with one attached hydrogen (secondary N) is 1. The molecule has 1 aliphatic rings. The molecule has 3 heteroatoms. The van der Waals surface area contributed by atoms with Crippen LogP contribution in [0.25, 0.3) is 16.5 Å². The number of benzene rings is 2. The van der Waals surface area contributed by atoms with Crippen molar-refractivity contribution in [3.05, 3.63) is 76.5 Å². The Labute approximate surface area is 147 Å². The summed E-state index contributed by atoms with van der Waals surface area (Å²) in [5.74, 6) is 0. The quantitative estimate of drug-likeness (QED) is 0.676. The average molecular weight is 337 g/mol. The number of hydrogen-bond acceptors (Lipinski definition) is 1. The number of fused-ring (bicyclic) bond motifs is 1. The minimum Gasteiger partial charge on any atom is -0.358 e. The summed E-state index contributed by atoms with van der Waals surface area (Å²) in [6, 6.07) is 16.8. The molecule has 0 saturated heterocycles. The molecule has 1 N–H and O–H groups in total. The van der Waals surface area contributed by atoms with E-state index >= 15 is 0 Å². The molecule has 24 heavy (non-hydrogen) atoms. The molecule has 0 unspecified atom stereocenters. The maximum absolute atomic E-state index is 6.21. The van der Waals surface area contributed by atoms with Crippen LogP contribution in [-0.4, -0.2) is 23.0 Å². The summed E-state index contributed by atoms with van der Waals surface area (Å²) in [6.45, 7) is 5.26. The summed E-state index contributed by atoms with van der Waals surface area (Å²) in [6.07, 6.45) is 3.45. The fourth-order valence-corrected chi connectivity index (χ4v) is 3.81. The highest BCUT2D eigenvalue weighted by Crippen LogP contribution is 2.33. The molecule has 2 heterocycles. The van der Waals surface area contributed by atoms with E-state index in [1.165, 1.54) is 33.3 Å². The summed E-state index contributed by atoms with van der Waals surface area (Å²) < 4.78 is 0. The van der Waals surface area contributed by atoms with Crippen molar-refractivity contribution in [2.24, 2.45) is 0 Å². The van der Waals surface area contributed by atoms with E-state index in [-0.39, 0.29) is 0 Å². The van der Waals surface area contributed by atoms with Crippen molar-refractivity contribution in [2.75, 3.05) is 13.1 Å². The van der Waals surface area contributed by atoms with Crippen molar-refractivity contribution in [1.82, 2.24) is 9.88 Å². The second-order valence-electron chi connectivity index (χ2n) is 6.51. The Morgan fingerprint density at radius 1 is 1.12 bits per heavy atom. The normalized spacial score (nSPS) is 15.7. The maximum atomic E-state index is 6.21. The predicted octanol–water partition coefficient (Wildman–Crippen LogP) is 5.42. The van der Waals surface area contributed by atoms with Crippen LogP contribution in [0.2, 0.25) is 5.02 Å². The Kier molecular flexibility index (Phi) is 4.17. The maximum Gasteiger partial charge on any atom is 0.0463 e. The van der Waals surface area contributed by atoms with Gasteiger partial charge < -0.3 is 4.98 Å². The lowest BCUT2D eigenvalue weighted by Gasteiger charge is -2.26. The zero-order valence-corrected chi connectivity index (χ0v) is 14.6. The number of H-pyrrole nitrogens is 1. The Hall–Kier alpha value is -2.03. The van der Waals surface area contributed by atoms with Gasteiger partial charge in [-0.25, -0.2) is 0 Å². The van der Waals surface area contributed by atoms with Gasteiger partial charge >= 0.3 is 0 Å². The molecule has 0 saturated carbocycles. The van der Waals surface area contributed by atoms with Crippen LogP contribution in [0.1, 0.15) is 23.2 Å². The van der Waals surface area contributed by atoms with Gasteiger partial charge in [0, 0.05) is 46.8 Å². The Morgan fingerprint density at radius 3 is 2.71 bits per heavy atom. The van der Waals surface area contributed by atoms with Crippen LogP contribution in [0.4, 0.5) is 0 Å². The average Bonchev–Trinajstić information content (AvgIpc) is 2.92. The van der Waals surface area contributed by atoms with Crippen molar-refractivity contribution in [2.45, 2.75) is 19.9 Å². The minimum absolute atomic E-state index is 0.796. The van der Waals surface area contributed by atoms with Crippen LogP contribution in [0, 0.1) is 6.92 Å². The van der Waals surface area contributed by atoms with Gasteiger partial charge in [-0.3, -0.25) is 4.90 Å². The first kappa shape index (κ1) is 15.5. The van der Waals surface area contributed by atoms with Gasteiger partial charge in [-0.1, -0.05) is 48.0 Å². The lowest BCUT2D eigenvalue weighted by Crippen LogP contribution is -2.28. The van der Waals surface area contributed by atoms with Crippen molar-refractivity contribution >= 4 is 28.1 Å². The van der Waals surface area contributed by atoms with E-state index in [9.17, 15) is 0 Å². The van der Waals surface area contributed by atoms with Gasteiger partial charge in [0.25, 0.3) is 0 Å². The number of aromatic nitrogens is 1. The molecule has 0 radical (unpaired) electrons. The number of nitrogens with zero attached hydrogens (tertiary/aromatic N) is 1. The molecular formula is C21H21ClN2. The summed E-state index contributed by atoms with van der Waals surface area (Å²) in [5, 5.41) is 2.03. The summed E-state index contributed by atoms with van der Waals surface area (Å²) in [4.78, 5) is 5.99. The van der Waals surface area contributed by atoms with Crippen LogP contribution in [-0.2, 0) is 6.54 Å². The fraction of sp³-hybridized carbons (Fsp3) is 0.238. The number of aromatic amines is 1. The van der Waals surface area contributed by atoms with Gasteiger partial charge in [-0.15, -0.1) is 0 Å². The van der Waals surface area contributed by atoms with Crippen LogP contribution < -0.4 is 0 Å². The van der Waals surface area contributed by atoms with Gasteiger partial charge in [0.2, 0.25) is 0 Å². The van der Waals surface area contributed by atoms with Crippen molar-refractivity contribution in [3.63, 3.8) is 0 Å². The fourth-order valence-electron chi connectivity index (χ4n) is 3.64. The highest BCUT2D eigenvalue weighted by molar-refractivity contribution is 6.31. The molecule has 0 bridgehead atoms. The van der Waals surface area contributed by atoms with Gasteiger partial charge in [0.05, 0.1) is 0 Å². The molecular weight excluding hydrogens is 316 g/mol.